The molecule has 1 aliphatic carbocycles. The monoisotopic (exact) mass is 254 g/mol. The highest BCUT2D eigenvalue weighted by Gasteiger charge is 2.39. The van der Waals surface area contributed by atoms with E-state index in [1.54, 1.807) is 0 Å². The predicted octanol–water partition coefficient (Wildman–Crippen LogP) is 0.790. The van der Waals surface area contributed by atoms with Crippen LogP contribution in [-0.2, 0) is 14.3 Å². The molecule has 1 heterocycles. The fourth-order valence-corrected chi connectivity index (χ4v) is 1.90. The molecular formula is C13H22N2O3. The van der Waals surface area contributed by atoms with Crippen LogP contribution in [0.4, 0.5) is 0 Å². The molecule has 2 aliphatic rings. The van der Waals surface area contributed by atoms with Crippen molar-refractivity contribution in [3.8, 4) is 0 Å². The van der Waals surface area contributed by atoms with Crippen molar-refractivity contribution >= 4 is 11.9 Å². The van der Waals surface area contributed by atoms with Crippen LogP contribution in [0.5, 0.6) is 0 Å². The largest absolute Gasteiger partial charge is 0.445 e. The Hall–Kier alpha value is -1.10. The van der Waals surface area contributed by atoms with Crippen LogP contribution in [0.3, 0.4) is 0 Å². The van der Waals surface area contributed by atoms with E-state index in [-0.39, 0.29) is 17.8 Å². The zero-order chi connectivity index (χ0) is 13.3. The summed E-state index contributed by atoms with van der Waals surface area (Å²) in [6.45, 7) is 6.14. The second-order valence-electron chi connectivity index (χ2n) is 6.21. The summed E-state index contributed by atoms with van der Waals surface area (Å²) in [6.07, 6.45) is 2.38. The van der Waals surface area contributed by atoms with Crippen LogP contribution in [0.2, 0.25) is 0 Å². The van der Waals surface area contributed by atoms with Crippen LogP contribution in [0.15, 0.2) is 0 Å². The zero-order valence-electron chi connectivity index (χ0n) is 11.3. The Bertz CT molecular complexity index is 345. The number of carbonyl (C=O) groups excluding carboxylic acids is 2. The molecule has 18 heavy (non-hydrogen) atoms. The minimum atomic E-state index is -0.540. The van der Waals surface area contributed by atoms with Crippen molar-refractivity contribution < 1.29 is 14.3 Å². The molecule has 102 valence electrons. The highest BCUT2D eigenvalue weighted by Crippen LogP contribution is 2.24. The van der Waals surface area contributed by atoms with Crippen molar-refractivity contribution in [1.82, 2.24) is 10.6 Å². The molecule has 0 aromatic heterocycles. The molecule has 1 unspecified atom stereocenters. The highest BCUT2D eigenvalue weighted by molar-refractivity contribution is 5.81. The topological polar surface area (TPSA) is 67.4 Å². The molecule has 2 rings (SSSR count). The number of carbonyl (C=O) groups is 2. The normalized spacial score (nSPS) is 27.9. The summed E-state index contributed by atoms with van der Waals surface area (Å²) in [5.41, 5.74) is -0.540. The van der Waals surface area contributed by atoms with Gasteiger partial charge in [-0.3, -0.25) is 14.9 Å². The first-order valence-corrected chi connectivity index (χ1v) is 6.63. The summed E-state index contributed by atoms with van der Waals surface area (Å²) in [5.74, 6) is -0.516. The first kappa shape index (κ1) is 13.3. The van der Waals surface area contributed by atoms with Crippen molar-refractivity contribution in [2.45, 2.75) is 52.3 Å². The summed E-state index contributed by atoms with van der Waals surface area (Å²) in [6, 6.07) is 0.345. The predicted molar refractivity (Wildman–Crippen MR) is 66.6 cm³/mol. The van der Waals surface area contributed by atoms with Gasteiger partial charge in [-0.05, 0) is 46.6 Å². The Morgan fingerprint density at radius 1 is 1.22 bits per heavy atom. The number of ether oxygens (including phenoxy) is 1. The van der Waals surface area contributed by atoms with Crippen LogP contribution in [-0.4, -0.2) is 30.7 Å². The summed E-state index contributed by atoms with van der Waals surface area (Å²) in [4.78, 5) is 23.8. The van der Waals surface area contributed by atoms with Crippen molar-refractivity contribution in [2.24, 2.45) is 11.3 Å². The molecule has 1 amide bonds. The minimum absolute atomic E-state index is 0.00853. The first-order valence-electron chi connectivity index (χ1n) is 6.63. The summed E-state index contributed by atoms with van der Waals surface area (Å²) in [5, 5.41) is 6.05. The first-order chi connectivity index (χ1) is 8.38. The van der Waals surface area contributed by atoms with Crippen LogP contribution in [0.1, 0.15) is 40.0 Å². The van der Waals surface area contributed by atoms with Gasteiger partial charge in [0.15, 0.2) is 6.23 Å². The van der Waals surface area contributed by atoms with E-state index in [1.807, 2.05) is 20.8 Å². The Labute approximate surface area is 108 Å². The molecule has 0 aromatic rings. The summed E-state index contributed by atoms with van der Waals surface area (Å²) in [7, 11) is 0. The number of hydrogen-bond donors (Lipinski definition) is 2. The van der Waals surface area contributed by atoms with E-state index < -0.39 is 11.6 Å². The van der Waals surface area contributed by atoms with Crippen molar-refractivity contribution in [3.63, 3.8) is 0 Å². The maximum atomic E-state index is 12.0. The minimum Gasteiger partial charge on any atom is -0.445 e. The van der Waals surface area contributed by atoms with Crippen LogP contribution in [0, 0.1) is 11.3 Å². The lowest BCUT2D eigenvalue weighted by atomic mass is 9.97. The maximum absolute atomic E-state index is 12.0. The molecule has 5 nitrogen and oxygen atoms in total. The lowest BCUT2D eigenvalue weighted by Crippen LogP contribution is -2.43. The third kappa shape index (κ3) is 3.22. The smallest absolute Gasteiger partial charge is 0.312 e. The molecule has 0 bridgehead atoms. The lowest BCUT2D eigenvalue weighted by Gasteiger charge is -2.24. The Morgan fingerprint density at radius 3 is 2.44 bits per heavy atom. The van der Waals surface area contributed by atoms with Crippen LogP contribution < -0.4 is 10.6 Å². The third-order valence-electron chi connectivity index (χ3n) is 3.27. The van der Waals surface area contributed by atoms with Gasteiger partial charge in [-0.2, -0.15) is 0 Å². The molecule has 1 saturated heterocycles. The van der Waals surface area contributed by atoms with Gasteiger partial charge in [0.1, 0.15) is 0 Å². The standard InChI is InChI=1S/C13H22N2O3/c1-13(2,3)12(17)18-11-9(6-7-14-11)10(16)15-8-4-5-8/h8-9,11,14H,4-7H2,1-3H3,(H,15,16)/t9-,11?/m1/s1. The van der Waals surface area contributed by atoms with Gasteiger partial charge >= 0.3 is 5.97 Å². The molecule has 0 radical (unpaired) electrons. The fraction of sp³-hybridized carbons (Fsp3) is 0.846. The van der Waals surface area contributed by atoms with Crippen LogP contribution in [0.25, 0.3) is 0 Å². The molecule has 2 fully saturated rings. The van der Waals surface area contributed by atoms with Gasteiger partial charge < -0.3 is 10.1 Å². The Kier molecular flexibility index (Phi) is 3.61. The van der Waals surface area contributed by atoms with Gasteiger partial charge in [-0.25, -0.2) is 0 Å². The van der Waals surface area contributed by atoms with Crippen LogP contribution >= 0.6 is 0 Å². The van der Waals surface area contributed by atoms with E-state index >= 15 is 0 Å². The van der Waals surface area contributed by atoms with Gasteiger partial charge in [-0.1, -0.05) is 0 Å². The Morgan fingerprint density at radius 2 is 1.89 bits per heavy atom. The van der Waals surface area contributed by atoms with E-state index in [0.29, 0.717) is 12.6 Å². The number of amides is 1. The molecule has 5 heteroatoms. The second-order valence-corrected chi connectivity index (χ2v) is 6.21. The molecule has 1 saturated carbocycles. The lowest BCUT2D eigenvalue weighted by molar-refractivity contribution is -0.162. The quantitative estimate of drug-likeness (QED) is 0.731. The Balaban J connectivity index is 1.90. The van der Waals surface area contributed by atoms with E-state index in [4.69, 9.17) is 4.74 Å². The van der Waals surface area contributed by atoms with Gasteiger partial charge in [0, 0.05) is 6.04 Å². The van der Waals surface area contributed by atoms with Gasteiger partial charge in [0.05, 0.1) is 11.3 Å². The number of esters is 1. The van der Waals surface area contributed by atoms with Gasteiger partial charge in [0.25, 0.3) is 0 Å². The van der Waals surface area contributed by atoms with E-state index in [1.165, 1.54) is 0 Å². The van der Waals surface area contributed by atoms with E-state index in [9.17, 15) is 9.59 Å². The molecule has 2 N–H and O–H groups in total. The SMILES string of the molecule is CC(C)(C)C(=O)OC1NCC[C@@H]1C(=O)NC1CC1. The van der Waals surface area contributed by atoms with E-state index in [2.05, 4.69) is 10.6 Å². The van der Waals surface area contributed by atoms with Gasteiger partial charge in [0.2, 0.25) is 5.91 Å². The number of rotatable bonds is 3. The summed E-state index contributed by atoms with van der Waals surface area (Å²) >= 11 is 0. The number of nitrogens with one attached hydrogen (secondary N) is 2. The fourth-order valence-electron chi connectivity index (χ4n) is 1.90. The number of hydrogen-bond acceptors (Lipinski definition) is 4. The molecule has 0 aromatic carbocycles. The van der Waals surface area contributed by atoms with Crippen molar-refractivity contribution in [1.29, 1.82) is 0 Å². The second kappa shape index (κ2) is 4.88. The highest BCUT2D eigenvalue weighted by atomic mass is 16.6. The van der Waals surface area contributed by atoms with Crippen molar-refractivity contribution in [2.75, 3.05) is 6.54 Å². The molecular weight excluding hydrogens is 232 g/mol. The summed E-state index contributed by atoms with van der Waals surface area (Å²) < 4.78 is 5.40. The van der Waals surface area contributed by atoms with Gasteiger partial charge in [-0.15, -0.1) is 0 Å². The molecule has 2 atom stereocenters. The zero-order valence-corrected chi connectivity index (χ0v) is 11.3. The third-order valence-corrected chi connectivity index (χ3v) is 3.27. The van der Waals surface area contributed by atoms with Crippen molar-refractivity contribution in [3.05, 3.63) is 0 Å². The molecule has 0 spiro atoms. The van der Waals surface area contributed by atoms with E-state index in [0.717, 1.165) is 19.3 Å². The average molecular weight is 254 g/mol. The molecule has 1 aliphatic heterocycles. The average Bonchev–Trinajstić information content (AvgIpc) is 2.93. The maximum Gasteiger partial charge on any atom is 0.312 e.